The van der Waals surface area contributed by atoms with E-state index in [1.807, 2.05) is 0 Å². The molecule has 9 heteroatoms. The quantitative estimate of drug-likeness (QED) is 0.385. The Morgan fingerprint density at radius 1 is 1.21 bits per heavy atom. The lowest BCUT2D eigenvalue weighted by Gasteiger charge is -2.23. The molecule has 0 bridgehead atoms. The van der Waals surface area contributed by atoms with Crippen molar-refractivity contribution in [2.24, 2.45) is 5.92 Å². The van der Waals surface area contributed by atoms with Gasteiger partial charge < -0.3 is 4.74 Å². The van der Waals surface area contributed by atoms with Crippen LogP contribution in [0.15, 0.2) is 0 Å². The zero-order valence-electron chi connectivity index (χ0n) is 16.0. The molecule has 0 unspecified atom stereocenters. The number of ether oxygens (including phenoxy) is 1. The molecule has 0 spiro atoms. The van der Waals surface area contributed by atoms with Gasteiger partial charge >= 0.3 is 12.1 Å². The van der Waals surface area contributed by atoms with Gasteiger partial charge in [0.1, 0.15) is 11.4 Å². The molecule has 1 aromatic heterocycles. The summed E-state index contributed by atoms with van der Waals surface area (Å²) in [4.78, 5) is 15.5. The fraction of sp³-hybridized carbons (Fsp3) is 0.684. The number of rotatable bonds is 7. The lowest BCUT2D eigenvalue weighted by atomic mass is 9.91. The Hall–Kier alpha value is -1.38. The number of halogens is 5. The molecule has 1 aromatic rings. The first-order chi connectivity index (χ1) is 13.1. The number of pyridine rings is 1. The van der Waals surface area contributed by atoms with Crippen molar-refractivity contribution in [3.8, 4) is 0 Å². The molecule has 1 fully saturated rings. The summed E-state index contributed by atoms with van der Waals surface area (Å²) in [6.07, 6.45) is -4.28. The lowest BCUT2D eigenvalue weighted by molar-refractivity contribution is -0.142. The highest BCUT2D eigenvalue weighted by molar-refractivity contribution is 7.99. The topological polar surface area (TPSA) is 39.2 Å². The molecular weight excluding hydrogens is 401 g/mol. The van der Waals surface area contributed by atoms with Crippen LogP contribution in [0.2, 0.25) is 0 Å². The summed E-state index contributed by atoms with van der Waals surface area (Å²) >= 11 is 1.37. The van der Waals surface area contributed by atoms with Gasteiger partial charge in [0.2, 0.25) is 0 Å². The van der Waals surface area contributed by atoms with Crippen LogP contribution in [0.25, 0.3) is 0 Å². The Bertz CT molecular complexity index is 701. The van der Waals surface area contributed by atoms with Crippen LogP contribution in [0, 0.1) is 5.92 Å². The van der Waals surface area contributed by atoms with Gasteiger partial charge in [-0.15, -0.1) is 0 Å². The minimum absolute atomic E-state index is 0.0232. The van der Waals surface area contributed by atoms with Crippen LogP contribution in [-0.2, 0) is 23.1 Å². The zero-order chi connectivity index (χ0) is 21.1. The van der Waals surface area contributed by atoms with Crippen molar-refractivity contribution < 1.29 is 31.5 Å². The number of carbonyl (C=O) groups is 1. The molecule has 1 heterocycles. The van der Waals surface area contributed by atoms with Gasteiger partial charge in [-0.05, 0) is 36.3 Å². The number of esters is 1. The molecule has 0 saturated heterocycles. The fourth-order valence-corrected chi connectivity index (χ4v) is 4.84. The number of hydrogen-bond acceptors (Lipinski definition) is 4. The average molecular weight is 425 g/mol. The van der Waals surface area contributed by atoms with E-state index in [1.54, 1.807) is 13.8 Å². The molecule has 3 nitrogen and oxygen atoms in total. The van der Waals surface area contributed by atoms with E-state index in [0.717, 1.165) is 32.8 Å². The number of alkyl halides is 5. The van der Waals surface area contributed by atoms with Crippen molar-refractivity contribution in [1.29, 1.82) is 0 Å². The molecular formula is C19H24F5NO2S. The summed E-state index contributed by atoms with van der Waals surface area (Å²) < 4.78 is 72.7. The minimum Gasteiger partial charge on any atom is -0.465 e. The maximum absolute atomic E-state index is 13.7. The summed E-state index contributed by atoms with van der Waals surface area (Å²) in [7, 11) is 1.02. The molecule has 0 N–H and O–H groups in total. The van der Waals surface area contributed by atoms with Crippen molar-refractivity contribution in [1.82, 2.24) is 4.98 Å². The maximum atomic E-state index is 13.7. The van der Waals surface area contributed by atoms with Crippen molar-refractivity contribution in [3.05, 3.63) is 28.1 Å². The number of methoxy groups -OCH3 is 1. The second kappa shape index (κ2) is 9.41. The highest BCUT2D eigenvalue weighted by atomic mass is 32.2. The van der Waals surface area contributed by atoms with E-state index >= 15 is 0 Å². The van der Waals surface area contributed by atoms with Gasteiger partial charge in [0.05, 0.1) is 12.7 Å². The van der Waals surface area contributed by atoms with Crippen LogP contribution >= 0.6 is 11.8 Å². The number of aromatic nitrogens is 1. The predicted molar refractivity (Wildman–Crippen MR) is 97.6 cm³/mol. The van der Waals surface area contributed by atoms with E-state index in [0.29, 0.717) is 0 Å². The third-order valence-electron chi connectivity index (χ3n) is 4.68. The van der Waals surface area contributed by atoms with E-state index in [1.165, 1.54) is 11.8 Å². The van der Waals surface area contributed by atoms with E-state index in [4.69, 9.17) is 0 Å². The smallest absolute Gasteiger partial charge is 0.433 e. The van der Waals surface area contributed by atoms with Gasteiger partial charge in [-0.1, -0.05) is 26.7 Å². The minimum atomic E-state index is -4.89. The third-order valence-corrected chi connectivity index (χ3v) is 6.08. The summed E-state index contributed by atoms with van der Waals surface area (Å²) in [6, 6.07) is 0. The molecule has 0 radical (unpaired) electrons. The van der Waals surface area contributed by atoms with Crippen LogP contribution in [0.3, 0.4) is 0 Å². The first kappa shape index (κ1) is 22.9. The molecule has 0 aliphatic heterocycles. The summed E-state index contributed by atoms with van der Waals surface area (Å²) in [5.74, 6) is -1.26. The van der Waals surface area contributed by atoms with Gasteiger partial charge in [0, 0.05) is 11.0 Å². The Morgan fingerprint density at radius 2 is 1.82 bits per heavy atom. The van der Waals surface area contributed by atoms with Crippen molar-refractivity contribution in [2.45, 2.75) is 69.6 Å². The van der Waals surface area contributed by atoms with Gasteiger partial charge in [-0.25, -0.2) is 18.6 Å². The Balaban J connectivity index is 2.69. The van der Waals surface area contributed by atoms with E-state index in [9.17, 15) is 26.7 Å². The molecule has 0 atom stereocenters. The maximum Gasteiger partial charge on any atom is 0.433 e. The van der Waals surface area contributed by atoms with Crippen molar-refractivity contribution in [2.75, 3.05) is 7.11 Å². The summed E-state index contributed by atoms with van der Waals surface area (Å²) in [5.41, 5.74) is -3.21. The van der Waals surface area contributed by atoms with Crippen molar-refractivity contribution in [3.63, 3.8) is 0 Å². The monoisotopic (exact) mass is 425 g/mol. The van der Waals surface area contributed by atoms with Gasteiger partial charge in [-0.2, -0.15) is 24.9 Å². The van der Waals surface area contributed by atoms with Gasteiger partial charge in [0.25, 0.3) is 6.43 Å². The predicted octanol–water partition coefficient (Wildman–Crippen LogP) is 6.20. The second-order valence-electron chi connectivity index (χ2n) is 7.28. The molecule has 1 aliphatic carbocycles. The van der Waals surface area contributed by atoms with Crippen molar-refractivity contribution >= 4 is 17.7 Å². The van der Waals surface area contributed by atoms with Crippen LogP contribution in [-0.4, -0.2) is 23.3 Å². The van der Waals surface area contributed by atoms with Crippen LogP contribution in [0.1, 0.15) is 78.8 Å². The number of carbonyl (C=O) groups excluding carboxylic acids is 1. The van der Waals surface area contributed by atoms with Gasteiger partial charge in [0.15, 0.2) is 0 Å². The molecule has 158 valence electrons. The van der Waals surface area contributed by atoms with Crippen LogP contribution in [0.5, 0.6) is 0 Å². The molecule has 1 aliphatic rings. The van der Waals surface area contributed by atoms with Crippen LogP contribution in [0.4, 0.5) is 22.0 Å². The lowest BCUT2D eigenvalue weighted by Crippen LogP contribution is -2.22. The molecule has 2 rings (SSSR count). The molecule has 1 saturated carbocycles. The Kier molecular flexibility index (Phi) is 7.70. The zero-order valence-corrected chi connectivity index (χ0v) is 16.9. The van der Waals surface area contributed by atoms with Gasteiger partial charge in [-0.3, -0.25) is 0 Å². The van der Waals surface area contributed by atoms with E-state index in [-0.39, 0.29) is 34.5 Å². The highest BCUT2D eigenvalue weighted by Crippen LogP contribution is 2.41. The molecule has 0 aromatic carbocycles. The molecule has 0 amide bonds. The third kappa shape index (κ3) is 5.36. The Morgan fingerprint density at radius 3 is 2.29 bits per heavy atom. The number of hydrogen-bond donors (Lipinski definition) is 0. The SMILES string of the molecule is COC(=O)c1c(C(F)F)nc(C(F)(F)F)c(CSC2CCCC2)c1CC(C)C. The Labute approximate surface area is 165 Å². The van der Waals surface area contributed by atoms with E-state index in [2.05, 4.69) is 9.72 Å². The van der Waals surface area contributed by atoms with Crippen LogP contribution < -0.4 is 0 Å². The highest BCUT2D eigenvalue weighted by Gasteiger charge is 2.40. The second-order valence-corrected chi connectivity index (χ2v) is 8.57. The largest absolute Gasteiger partial charge is 0.465 e. The normalized spacial score (nSPS) is 15.6. The fourth-order valence-electron chi connectivity index (χ4n) is 3.46. The standard InChI is InChI=1S/C19H24F5NO2S/c1-10(2)8-12-13(9-28-11-6-4-5-7-11)16(19(22,23)24)25-15(17(20)21)14(12)18(26)27-3/h10-11,17H,4-9H2,1-3H3. The number of nitrogens with zero attached hydrogens (tertiary/aromatic N) is 1. The number of thioether (sulfide) groups is 1. The summed E-state index contributed by atoms with van der Waals surface area (Å²) in [6.45, 7) is 3.51. The average Bonchev–Trinajstić information content (AvgIpc) is 3.11. The first-order valence-corrected chi connectivity index (χ1v) is 10.2. The first-order valence-electron chi connectivity index (χ1n) is 9.17. The van der Waals surface area contributed by atoms with E-state index < -0.39 is 35.5 Å². The molecule has 28 heavy (non-hydrogen) atoms. The summed E-state index contributed by atoms with van der Waals surface area (Å²) in [5, 5.41) is 0.226.